The summed E-state index contributed by atoms with van der Waals surface area (Å²) in [5, 5.41) is 8.94. The van der Waals surface area contributed by atoms with Crippen molar-refractivity contribution in [1.29, 1.82) is 0 Å². The Morgan fingerprint density at radius 2 is 1.75 bits per heavy atom. The first-order valence-corrected chi connectivity index (χ1v) is 10.2. The fraction of sp³-hybridized carbons (Fsp3) is 0.318. The molecule has 1 heterocycles. The molecule has 0 unspecified atom stereocenters. The highest BCUT2D eigenvalue weighted by Gasteiger charge is 2.11. The summed E-state index contributed by atoms with van der Waals surface area (Å²) in [4.78, 5) is 27.3. The van der Waals surface area contributed by atoms with Crippen molar-refractivity contribution in [3.05, 3.63) is 53.6 Å². The van der Waals surface area contributed by atoms with E-state index in [1.165, 1.54) is 0 Å². The number of ether oxygens (including phenoxy) is 2. The van der Waals surface area contributed by atoms with Crippen molar-refractivity contribution in [2.45, 2.75) is 19.9 Å². The molecule has 0 spiro atoms. The molecule has 9 nitrogen and oxygen atoms in total. The lowest BCUT2D eigenvalue weighted by Gasteiger charge is -2.14. The van der Waals surface area contributed by atoms with E-state index in [2.05, 4.69) is 20.9 Å². The number of nitrogens with one attached hydrogen (secondary N) is 3. The van der Waals surface area contributed by atoms with Crippen LogP contribution < -0.4 is 31.2 Å². The highest BCUT2D eigenvalue weighted by Crippen LogP contribution is 2.32. The molecule has 0 saturated heterocycles. The second kappa shape index (κ2) is 12.7. The quantitative estimate of drug-likeness (QED) is 0.237. The van der Waals surface area contributed by atoms with Crippen molar-refractivity contribution in [1.82, 2.24) is 10.6 Å². The minimum Gasteiger partial charge on any atom is -0.490 e. The summed E-state index contributed by atoms with van der Waals surface area (Å²) >= 11 is 0. The highest BCUT2D eigenvalue weighted by molar-refractivity contribution is 14.0. The van der Waals surface area contributed by atoms with Gasteiger partial charge in [0, 0.05) is 30.3 Å². The molecular weight excluding hydrogens is 525 g/mol. The summed E-state index contributed by atoms with van der Waals surface area (Å²) in [7, 11) is 0. The van der Waals surface area contributed by atoms with Gasteiger partial charge < -0.3 is 31.2 Å². The third-order valence-electron chi connectivity index (χ3n) is 4.41. The van der Waals surface area contributed by atoms with Gasteiger partial charge in [-0.2, -0.15) is 0 Å². The second-order valence-corrected chi connectivity index (χ2v) is 6.88. The predicted molar refractivity (Wildman–Crippen MR) is 134 cm³/mol. The molecule has 32 heavy (non-hydrogen) atoms. The van der Waals surface area contributed by atoms with Crippen LogP contribution in [-0.2, 0) is 11.3 Å². The van der Waals surface area contributed by atoms with Crippen LogP contribution in [0.1, 0.15) is 29.3 Å². The zero-order valence-corrected chi connectivity index (χ0v) is 20.2. The van der Waals surface area contributed by atoms with Gasteiger partial charge in [0.05, 0.1) is 26.3 Å². The molecule has 0 radical (unpaired) electrons. The number of amides is 2. The van der Waals surface area contributed by atoms with E-state index in [1.54, 1.807) is 12.1 Å². The van der Waals surface area contributed by atoms with Gasteiger partial charge >= 0.3 is 0 Å². The average Bonchev–Trinajstić information content (AvgIpc) is 3.01. The van der Waals surface area contributed by atoms with Gasteiger partial charge in [-0.3, -0.25) is 9.59 Å². The van der Waals surface area contributed by atoms with Crippen LogP contribution in [0.2, 0.25) is 0 Å². The third kappa shape index (κ3) is 7.59. The molecule has 172 valence electrons. The minimum absolute atomic E-state index is 0. The van der Waals surface area contributed by atoms with E-state index < -0.39 is 5.91 Å². The Morgan fingerprint density at radius 3 is 2.44 bits per heavy atom. The van der Waals surface area contributed by atoms with Crippen molar-refractivity contribution in [2.24, 2.45) is 10.7 Å². The monoisotopic (exact) mass is 553 g/mol. The number of fused-ring (bicyclic) bond motifs is 1. The number of rotatable bonds is 7. The number of carbonyl (C=O) groups excluding carboxylic acids is 2. The Kier molecular flexibility index (Phi) is 10.1. The molecule has 2 aromatic carbocycles. The normalized spacial score (nSPS) is 12.7. The second-order valence-electron chi connectivity index (χ2n) is 6.88. The molecule has 0 aliphatic carbocycles. The molecule has 0 fully saturated rings. The minimum atomic E-state index is -0.587. The number of guanidine groups is 1. The first kappa shape index (κ1) is 25.2. The number of carbonyl (C=O) groups is 2. The summed E-state index contributed by atoms with van der Waals surface area (Å²) in [6, 6.07) is 12.7. The highest BCUT2D eigenvalue weighted by atomic mass is 127. The smallest absolute Gasteiger partial charge is 0.251 e. The Hall–Kier alpha value is -3.02. The molecule has 2 aromatic rings. The molecule has 1 aliphatic heterocycles. The number of aliphatic imine (C=N–C) groups is 1. The molecule has 0 atom stereocenters. The topological polar surface area (TPSA) is 127 Å². The molecule has 5 N–H and O–H groups in total. The zero-order chi connectivity index (χ0) is 22.1. The van der Waals surface area contributed by atoms with Crippen LogP contribution in [-0.4, -0.2) is 44.1 Å². The van der Waals surface area contributed by atoms with Crippen molar-refractivity contribution < 1.29 is 19.1 Å². The van der Waals surface area contributed by atoms with Crippen LogP contribution in [0.3, 0.4) is 0 Å². The van der Waals surface area contributed by atoms with E-state index in [0.717, 1.165) is 23.4 Å². The molecule has 3 rings (SSSR count). The predicted octanol–water partition coefficient (Wildman–Crippen LogP) is 2.26. The van der Waals surface area contributed by atoms with Crippen molar-refractivity contribution >= 4 is 47.4 Å². The molecule has 10 heteroatoms. The fourth-order valence-electron chi connectivity index (χ4n) is 2.89. The Morgan fingerprint density at radius 1 is 1.03 bits per heavy atom. The zero-order valence-electron chi connectivity index (χ0n) is 17.8. The number of anilines is 1. The van der Waals surface area contributed by atoms with Crippen LogP contribution >= 0.6 is 24.0 Å². The van der Waals surface area contributed by atoms with Gasteiger partial charge in [0.25, 0.3) is 5.91 Å². The van der Waals surface area contributed by atoms with E-state index in [-0.39, 0.29) is 36.4 Å². The SMILES string of the molecule is CCNC(=NCc1ccc(C(=O)NCC(N)=O)cc1)Nc1ccc2c(c1)OCCCO2.I. The maximum atomic E-state index is 12.0. The third-order valence-corrected chi connectivity index (χ3v) is 4.41. The molecule has 0 saturated carbocycles. The maximum Gasteiger partial charge on any atom is 0.251 e. The van der Waals surface area contributed by atoms with E-state index in [4.69, 9.17) is 15.2 Å². The summed E-state index contributed by atoms with van der Waals surface area (Å²) < 4.78 is 11.4. The molecule has 2 amide bonds. The standard InChI is InChI=1S/C22H27N5O4.HI/c1-2-24-22(27-17-8-9-18-19(12-17)31-11-3-10-30-18)26-13-15-4-6-16(7-5-15)21(29)25-14-20(23)28;/h4-9,12H,2-3,10-11,13-14H2,1H3,(H2,23,28)(H,25,29)(H2,24,26,27);1H. The first-order valence-electron chi connectivity index (χ1n) is 10.2. The molecule has 1 aliphatic rings. The molecular formula is C22H28IN5O4. The first-order chi connectivity index (χ1) is 15.0. The Balaban J connectivity index is 0.00000363. The van der Waals surface area contributed by atoms with Crippen LogP contribution in [0.5, 0.6) is 11.5 Å². The van der Waals surface area contributed by atoms with E-state index in [1.807, 2.05) is 37.3 Å². The number of halogens is 1. The van der Waals surface area contributed by atoms with Gasteiger partial charge in [-0.05, 0) is 36.8 Å². The number of primary amides is 1. The molecule has 0 bridgehead atoms. The lowest BCUT2D eigenvalue weighted by Crippen LogP contribution is -2.33. The lowest BCUT2D eigenvalue weighted by molar-refractivity contribution is -0.117. The number of benzene rings is 2. The summed E-state index contributed by atoms with van der Waals surface area (Å²) in [6.45, 7) is 4.20. The van der Waals surface area contributed by atoms with Crippen molar-refractivity contribution in [3.8, 4) is 11.5 Å². The van der Waals surface area contributed by atoms with Gasteiger partial charge in [0.1, 0.15) is 0 Å². The number of hydrogen-bond acceptors (Lipinski definition) is 5. The average molecular weight is 553 g/mol. The summed E-state index contributed by atoms with van der Waals surface area (Å²) in [6.07, 6.45) is 0.854. The van der Waals surface area contributed by atoms with Gasteiger partial charge in [0.2, 0.25) is 5.91 Å². The molecule has 0 aromatic heterocycles. The van der Waals surface area contributed by atoms with Crippen LogP contribution in [0.25, 0.3) is 0 Å². The van der Waals surface area contributed by atoms with Crippen LogP contribution in [0.15, 0.2) is 47.5 Å². The maximum absolute atomic E-state index is 12.0. The van der Waals surface area contributed by atoms with Gasteiger partial charge in [-0.25, -0.2) is 4.99 Å². The largest absolute Gasteiger partial charge is 0.490 e. The van der Waals surface area contributed by atoms with E-state index in [9.17, 15) is 9.59 Å². The van der Waals surface area contributed by atoms with E-state index >= 15 is 0 Å². The summed E-state index contributed by atoms with van der Waals surface area (Å²) in [5.41, 5.74) is 7.26. The van der Waals surface area contributed by atoms with Crippen molar-refractivity contribution in [3.63, 3.8) is 0 Å². The number of nitrogens with zero attached hydrogens (tertiary/aromatic N) is 1. The van der Waals surface area contributed by atoms with E-state index in [0.29, 0.717) is 43.6 Å². The Labute approximate surface area is 204 Å². The van der Waals surface area contributed by atoms with Gasteiger partial charge in [0.15, 0.2) is 17.5 Å². The van der Waals surface area contributed by atoms with Crippen LogP contribution in [0, 0.1) is 0 Å². The fourth-order valence-corrected chi connectivity index (χ4v) is 2.89. The lowest BCUT2D eigenvalue weighted by atomic mass is 10.1. The van der Waals surface area contributed by atoms with Crippen LogP contribution in [0.4, 0.5) is 5.69 Å². The van der Waals surface area contributed by atoms with Gasteiger partial charge in [-0.15, -0.1) is 24.0 Å². The van der Waals surface area contributed by atoms with Gasteiger partial charge in [-0.1, -0.05) is 12.1 Å². The van der Waals surface area contributed by atoms with Crippen molar-refractivity contribution in [2.75, 3.05) is 31.6 Å². The number of hydrogen-bond donors (Lipinski definition) is 4. The Bertz CT molecular complexity index is 950. The summed E-state index contributed by atoms with van der Waals surface area (Å²) in [5.74, 6) is 1.14. The number of nitrogens with two attached hydrogens (primary N) is 1.